The summed E-state index contributed by atoms with van der Waals surface area (Å²) >= 11 is 0. The molecule has 0 fully saturated rings. The molecule has 0 heterocycles. The monoisotopic (exact) mass is 221 g/mol. The molecule has 0 atom stereocenters. The lowest BCUT2D eigenvalue weighted by molar-refractivity contribution is 0.224. The largest absolute Gasteiger partial charge is 0.333 e. The van der Waals surface area contributed by atoms with Crippen LogP contribution < -0.4 is 10.7 Å². The predicted octanol–water partition coefficient (Wildman–Crippen LogP) is 2.16. The second-order valence-corrected chi connectivity index (χ2v) is 3.97. The van der Waals surface area contributed by atoms with Crippen molar-refractivity contribution in [2.45, 2.75) is 20.3 Å². The summed E-state index contributed by atoms with van der Waals surface area (Å²) in [5.41, 5.74) is 5.80. The molecule has 0 aliphatic carbocycles. The Morgan fingerprint density at radius 3 is 2.62 bits per heavy atom. The van der Waals surface area contributed by atoms with E-state index in [9.17, 15) is 4.79 Å². The Balaban J connectivity index is 2.79. The molecule has 1 rings (SSSR count). The molecule has 88 valence electrons. The highest BCUT2D eigenvalue weighted by atomic mass is 16.2. The topological polar surface area (TPSA) is 44.4 Å². The quantitative estimate of drug-likeness (QED) is 0.768. The van der Waals surface area contributed by atoms with Crippen molar-refractivity contribution in [2.75, 3.05) is 19.4 Å². The maximum atomic E-state index is 11.5. The van der Waals surface area contributed by atoms with Gasteiger partial charge in [-0.05, 0) is 30.5 Å². The van der Waals surface area contributed by atoms with Gasteiger partial charge in [0.05, 0.1) is 0 Å². The normalized spacial score (nSPS) is 10.3. The number of aryl methyl sites for hydroxylation is 2. The molecule has 4 nitrogen and oxygen atoms in total. The summed E-state index contributed by atoms with van der Waals surface area (Å²) in [5, 5.41) is 4.45. The summed E-state index contributed by atoms with van der Waals surface area (Å²) in [6, 6.07) is 5.85. The third kappa shape index (κ3) is 3.55. The number of urea groups is 1. The van der Waals surface area contributed by atoms with Crippen molar-refractivity contribution >= 4 is 11.7 Å². The smallest absolute Gasteiger partial charge is 0.307 e. The van der Waals surface area contributed by atoms with Gasteiger partial charge in [-0.2, -0.15) is 0 Å². The van der Waals surface area contributed by atoms with E-state index >= 15 is 0 Å². The molecule has 0 aliphatic rings. The average molecular weight is 221 g/mol. The van der Waals surface area contributed by atoms with Gasteiger partial charge < -0.3 is 5.32 Å². The first-order chi connectivity index (χ1) is 7.52. The SMILES string of the molecule is CCc1ccc(C)cc1NC(=O)NN(C)C. The van der Waals surface area contributed by atoms with Crippen LogP contribution in [0.5, 0.6) is 0 Å². The average Bonchev–Trinajstić information content (AvgIpc) is 2.16. The lowest BCUT2D eigenvalue weighted by Gasteiger charge is -2.15. The van der Waals surface area contributed by atoms with Gasteiger partial charge in [0, 0.05) is 19.8 Å². The molecule has 0 spiro atoms. The Morgan fingerprint density at radius 2 is 2.06 bits per heavy atom. The van der Waals surface area contributed by atoms with Crippen molar-refractivity contribution in [3.05, 3.63) is 29.3 Å². The van der Waals surface area contributed by atoms with E-state index in [4.69, 9.17) is 0 Å². The van der Waals surface area contributed by atoms with Gasteiger partial charge in [-0.25, -0.2) is 9.80 Å². The number of hydrogen-bond acceptors (Lipinski definition) is 2. The fourth-order valence-corrected chi connectivity index (χ4v) is 1.47. The highest BCUT2D eigenvalue weighted by Gasteiger charge is 2.06. The number of nitrogens with one attached hydrogen (secondary N) is 2. The van der Waals surface area contributed by atoms with Gasteiger partial charge in [-0.15, -0.1) is 0 Å². The van der Waals surface area contributed by atoms with Crippen LogP contribution in [0, 0.1) is 6.92 Å². The molecule has 0 saturated carbocycles. The molecular formula is C12H19N3O. The molecule has 1 aromatic rings. The second kappa shape index (κ2) is 5.51. The molecule has 0 saturated heterocycles. The molecule has 2 amide bonds. The van der Waals surface area contributed by atoms with Crippen molar-refractivity contribution in [1.82, 2.24) is 10.4 Å². The van der Waals surface area contributed by atoms with E-state index in [-0.39, 0.29) is 6.03 Å². The van der Waals surface area contributed by atoms with Crippen molar-refractivity contribution in [1.29, 1.82) is 0 Å². The summed E-state index contributed by atoms with van der Waals surface area (Å²) in [7, 11) is 3.55. The zero-order valence-corrected chi connectivity index (χ0v) is 10.3. The molecule has 0 radical (unpaired) electrons. The van der Waals surface area contributed by atoms with Gasteiger partial charge in [-0.3, -0.25) is 5.43 Å². The molecule has 0 aromatic heterocycles. The van der Waals surface area contributed by atoms with E-state index in [2.05, 4.69) is 17.7 Å². The third-order valence-electron chi connectivity index (χ3n) is 2.22. The Kier molecular flexibility index (Phi) is 4.31. The summed E-state index contributed by atoms with van der Waals surface area (Å²) in [5.74, 6) is 0. The number of rotatable bonds is 3. The molecule has 1 aromatic carbocycles. The standard InChI is InChI=1S/C12H19N3O/c1-5-10-7-6-9(2)8-11(10)13-12(16)14-15(3)4/h6-8H,5H2,1-4H3,(H2,13,14,16). The van der Waals surface area contributed by atoms with E-state index in [1.54, 1.807) is 19.1 Å². The van der Waals surface area contributed by atoms with Gasteiger partial charge in [0.15, 0.2) is 0 Å². The number of benzene rings is 1. The van der Waals surface area contributed by atoms with Gasteiger partial charge in [-0.1, -0.05) is 19.1 Å². The van der Waals surface area contributed by atoms with Crippen LogP contribution in [0.15, 0.2) is 18.2 Å². The Hall–Kier alpha value is -1.55. The minimum Gasteiger partial charge on any atom is -0.307 e. The number of carbonyl (C=O) groups excluding carboxylic acids is 1. The van der Waals surface area contributed by atoms with Crippen LogP contribution in [0.25, 0.3) is 0 Å². The van der Waals surface area contributed by atoms with E-state index in [1.165, 1.54) is 0 Å². The summed E-state index contributed by atoms with van der Waals surface area (Å²) < 4.78 is 0. The minimum atomic E-state index is -0.217. The third-order valence-corrected chi connectivity index (χ3v) is 2.22. The highest BCUT2D eigenvalue weighted by molar-refractivity contribution is 5.89. The van der Waals surface area contributed by atoms with Crippen LogP contribution in [0.2, 0.25) is 0 Å². The Bertz CT molecular complexity index is 375. The number of nitrogens with zero attached hydrogens (tertiary/aromatic N) is 1. The van der Waals surface area contributed by atoms with E-state index < -0.39 is 0 Å². The zero-order valence-electron chi connectivity index (χ0n) is 10.3. The molecule has 0 aliphatic heterocycles. The first kappa shape index (κ1) is 12.5. The molecule has 0 bridgehead atoms. The van der Waals surface area contributed by atoms with Crippen LogP contribution in [0.4, 0.5) is 10.5 Å². The molecule has 0 unspecified atom stereocenters. The molecule has 2 N–H and O–H groups in total. The number of carbonyl (C=O) groups is 1. The number of amides is 2. The van der Waals surface area contributed by atoms with Gasteiger partial charge in [0.1, 0.15) is 0 Å². The Morgan fingerprint density at radius 1 is 1.38 bits per heavy atom. The molecular weight excluding hydrogens is 202 g/mol. The summed E-state index contributed by atoms with van der Waals surface area (Å²) in [6.07, 6.45) is 0.901. The van der Waals surface area contributed by atoms with Gasteiger partial charge in [0.2, 0.25) is 0 Å². The van der Waals surface area contributed by atoms with Crippen LogP contribution in [0.1, 0.15) is 18.1 Å². The fraction of sp³-hybridized carbons (Fsp3) is 0.417. The van der Waals surface area contributed by atoms with Crippen molar-refractivity contribution in [3.8, 4) is 0 Å². The van der Waals surface area contributed by atoms with Crippen LogP contribution in [0.3, 0.4) is 0 Å². The van der Waals surface area contributed by atoms with Crippen molar-refractivity contribution in [3.63, 3.8) is 0 Å². The van der Waals surface area contributed by atoms with E-state index in [1.807, 2.05) is 25.1 Å². The molecule has 16 heavy (non-hydrogen) atoms. The lowest BCUT2D eigenvalue weighted by atomic mass is 10.1. The lowest BCUT2D eigenvalue weighted by Crippen LogP contribution is -2.39. The van der Waals surface area contributed by atoms with Crippen molar-refractivity contribution in [2.24, 2.45) is 0 Å². The van der Waals surface area contributed by atoms with Crippen LogP contribution in [-0.4, -0.2) is 25.1 Å². The minimum absolute atomic E-state index is 0.217. The van der Waals surface area contributed by atoms with Gasteiger partial charge >= 0.3 is 6.03 Å². The number of anilines is 1. The fourth-order valence-electron chi connectivity index (χ4n) is 1.47. The van der Waals surface area contributed by atoms with E-state index in [0.29, 0.717) is 0 Å². The summed E-state index contributed by atoms with van der Waals surface area (Å²) in [4.78, 5) is 11.5. The van der Waals surface area contributed by atoms with Crippen LogP contribution in [-0.2, 0) is 6.42 Å². The number of hydrogen-bond donors (Lipinski definition) is 2. The van der Waals surface area contributed by atoms with Gasteiger partial charge in [0.25, 0.3) is 0 Å². The highest BCUT2D eigenvalue weighted by Crippen LogP contribution is 2.17. The first-order valence-corrected chi connectivity index (χ1v) is 5.37. The van der Waals surface area contributed by atoms with Crippen molar-refractivity contribution < 1.29 is 4.79 Å². The predicted molar refractivity (Wildman–Crippen MR) is 66.4 cm³/mol. The Labute approximate surface area is 96.6 Å². The maximum Gasteiger partial charge on any atom is 0.333 e. The van der Waals surface area contributed by atoms with Crippen LogP contribution >= 0.6 is 0 Å². The summed E-state index contributed by atoms with van der Waals surface area (Å²) in [6.45, 7) is 4.08. The molecule has 4 heteroatoms. The zero-order chi connectivity index (χ0) is 12.1. The maximum absolute atomic E-state index is 11.5. The number of hydrazine groups is 1. The van der Waals surface area contributed by atoms with E-state index in [0.717, 1.165) is 23.2 Å². The first-order valence-electron chi connectivity index (χ1n) is 5.37. The second-order valence-electron chi connectivity index (χ2n) is 3.97.